The lowest BCUT2D eigenvalue weighted by Gasteiger charge is -2.30. The van der Waals surface area contributed by atoms with Crippen molar-refractivity contribution in [1.29, 1.82) is 0 Å². The van der Waals surface area contributed by atoms with Crippen LogP contribution in [0.2, 0.25) is 0 Å². The van der Waals surface area contributed by atoms with Crippen molar-refractivity contribution in [2.45, 2.75) is 37.9 Å². The Morgan fingerprint density at radius 1 is 1.12 bits per heavy atom. The van der Waals surface area contributed by atoms with Gasteiger partial charge in [-0.3, -0.25) is 0 Å². The Labute approximate surface area is 104 Å². The van der Waals surface area contributed by atoms with Gasteiger partial charge in [-0.1, -0.05) is 0 Å². The van der Waals surface area contributed by atoms with Crippen molar-refractivity contribution in [2.24, 2.45) is 0 Å². The van der Waals surface area contributed by atoms with E-state index in [0.29, 0.717) is 5.69 Å². The van der Waals surface area contributed by atoms with Gasteiger partial charge in [-0.05, 0) is 45.0 Å². The minimum absolute atomic E-state index is 0.148. The molecule has 0 aliphatic carbocycles. The first-order valence-electron chi connectivity index (χ1n) is 5.22. The Morgan fingerprint density at radius 3 is 1.94 bits per heavy atom. The summed E-state index contributed by atoms with van der Waals surface area (Å²) in [6.07, 6.45) is -4.30. The van der Waals surface area contributed by atoms with Crippen LogP contribution in [-0.2, 0) is 6.18 Å². The molecule has 1 atom stereocenters. The highest BCUT2D eigenvalue weighted by atomic mass is 35.5. The summed E-state index contributed by atoms with van der Waals surface area (Å²) in [6.45, 7) is 5.61. The van der Waals surface area contributed by atoms with E-state index in [9.17, 15) is 13.2 Å². The molecule has 0 bridgehead atoms. The Morgan fingerprint density at radius 2 is 1.59 bits per heavy atom. The fraction of sp³-hybridized carbons (Fsp3) is 0.500. The van der Waals surface area contributed by atoms with Crippen LogP contribution in [-0.4, -0.2) is 10.9 Å². The third-order valence-corrected chi connectivity index (χ3v) is 3.22. The van der Waals surface area contributed by atoms with Gasteiger partial charge in [-0.2, -0.15) is 13.2 Å². The van der Waals surface area contributed by atoms with Crippen molar-refractivity contribution in [1.82, 2.24) is 0 Å². The molecule has 0 heterocycles. The van der Waals surface area contributed by atoms with E-state index in [1.54, 1.807) is 0 Å². The van der Waals surface area contributed by atoms with Gasteiger partial charge >= 0.3 is 6.18 Å². The maximum atomic E-state index is 12.3. The summed E-state index contributed by atoms with van der Waals surface area (Å²) in [5, 5.41) is 2.95. The molecule has 0 aliphatic rings. The molecule has 0 amide bonds. The third kappa shape index (κ3) is 3.80. The van der Waals surface area contributed by atoms with Crippen molar-refractivity contribution >= 4 is 17.3 Å². The highest BCUT2D eigenvalue weighted by molar-refractivity contribution is 6.21. The second kappa shape index (κ2) is 4.77. The molecule has 0 saturated carbocycles. The van der Waals surface area contributed by atoms with Gasteiger partial charge in [0.15, 0.2) is 0 Å². The zero-order valence-corrected chi connectivity index (χ0v) is 10.7. The molecule has 1 aromatic rings. The van der Waals surface area contributed by atoms with E-state index in [1.165, 1.54) is 12.1 Å². The molecule has 0 spiro atoms. The van der Waals surface area contributed by atoms with Crippen LogP contribution in [0.15, 0.2) is 24.3 Å². The van der Waals surface area contributed by atoms with Gasteiger partial charge in [0.05, 0.1) is 10.9 Å². The second-order valence-electron chi connectivity index (χ2n) is 4.54. The first-order valence-corrected chi connectivity index (χ1v) is 5.66. The fourth-order valence-electron chi connectivity index (χ4n) is 1.21. The molecule has 0 aromatic heterocycles. The molecule has 17 heavy (non-hydrogen) atoms. The van der Waals surface area contributed by atoms with Crippen molar-refractivity contribution < 1.29 is 13.2 Å². The average molecular weight is 266 g/mol. The second-order valence-corrected chi connectivity index (χ2v) is 5.19. The maximum absolute atomic E-state index is 12.3. The van der Waals surface area contributed by atoms with Gasteiger partial charge in [0.25, 0.3) is 0 Å². The van der Waals surface area contributed by atoms with Crippen LogP contribution in [0.4, 0.5) is 18.9 Å². The zero-order chi connectivity index (χ0) is 13.3. The van der Waals surface area contributed by atoms with Crippen molar-refractivity contribution in [3.05, 3.63) is 29.8 Å². The molecular weight excluding hydrogens is 251 g/mol. The molecule has 1 aromatic carbocycles. The molecule has 1 rings (SSSR count). The standard InChI is InChI=1S/C12H15ClF3N/c1-8(13)11(2,3)17-10-6-4-9(5-7-10)12(14,15)16/h4-8,17H,1-3H3. The minimum Gasteiger partial charge on any atom is -0.379 e. The molecule has 1 unspecified atom stereocenters. The molecule has 96 valence electrons. The first kappa shape index (κ1) is 14.2. The average Bonchev–Trinajstić information content (AvgIpc) is 2.16. The highest BCUT2D eigenvalue weighted by Crippen LogP contribution is 2.30. The predicted octanol–water partition coefficient (Wildman–Crippen LogP) is 4.52. The summed E-state index contributed by atoms with van der Waals surface area (Å²) < 4.78 is 37.0. The fourth-order valence-corrected chi connectivity index (χ4v) is 1.27. The normalized spacial score (nSPS) is 14.5. The lowest BCUT2D eigenvalue weighted by atomic mass is 10.0. The number of nitrogens with one attached hydrogen (secondary N) is 1. The van der Waals surface area contributed by atoms with Crippen LogP contribution in [0.3, 0.4) is 0 Å². The topological polar surface area (TPSA) is 12.0 Å². The SMILES string of the molecule is CC(Cl)C(C)(C)Nc1ccc(C(F)(F)F)cc1. The first-order chi connectivity index (χ1) is 7.63. The van der Waals surface area contributed by atoms with E-state index in [0.717, 1.165) is 12.1 Å². The Balaban J connectivity index is 2.83. The van der Waals surface area contributed by atoms with Crippen LogP contribution in [0.1, 0.15) is 26.3 Å². The number of hydrogen-bond donors (Lipinski definition) is 1. The molecule has 0 saturated heterocycles. The lowest BCUT2D eigenvalue weighted by molar-refractivity contribution is -0.137. The molecule has 0 fully saturated rings. The van der Waals surface area contributed by atoms with Crippen LogP contribution < -0.4 is 5.32 Å². The number of anilines is 1. The van der Waals surface area contributed by atoms with E-state index in [4.69, 9.17) is 11.6 Å². The van der Waals surface area contributed by atoms with Gasteiger partial charge in [0, 0.05) is 11.2 Å². The predicted molar refractivity (Wildman–Crippen MR) is 64.5 cm³/mol. The highest BCUT2D eigenvalue weighted by Gasteiger charge is 2.30. The summed E-state index contributed by atoms with van der Waals surface area (Å²) >= 11 is 5.98. The molecule has 0 aliphatic heterocycles. The van der Waals surface area contributed by atoms with Crippen LogP contribution in [0.25, 0.3) is 0 Å². The van der Waals surface area contributed by atoms with Gasteiger partial charge in [0.1, 0.15) is 0 Å². The molecule has 0 radical (unpaired) electrons. The number of benzene rings is 1. The molecule has 1 nitrogen and oxygen atoms in total. The Kier molecular flexibility index (Phi) is 3.97. The minimum atomic E-state index is -4.30. The summed E-state index contributed by atoms with van der Waals surface area (Å²) in [5.41, 5.74) is -0.420. The van der Waals surface area contributed by atoms with Crippen LogP contribution in [0.5, 0.6) is 0 Å². The maximum Gasteiger partial charge on any atom is 0.416 e. The monoisotopic (exact) mass is 265 g/mol. The molecule has 5 heteroatoms. The van der Waals surface area contributed by atoms with E-state index < -0.39 is 11.7 Å². The smallest absolute Gasteiger partial charge is 0.379 e. The summed E-state index contributed by atoms with van der Waals surface area (Å²) in [4.78, 5) is 0. The Bertz CT molecular complexity index is 368. The third-order valence-electron chi connectivity index (χ3n) is 2.67. The van der Waals surface area contributed by atoms with Crippen molar-refractivity contribution in [2.75, 3.05) is 5.32 Å². The number of alkyl halides is 4. The number of rotatable bonds is 3. The summed E-state index contributed by atoms with van der Waals surface area (Å²) in [7, 11) is 0. The van der Waals surface area contributed by atoms with Crippen molar-refractivity contribution in [3.8, 4) is 0 Å². The van der Waals surface area contributed by atoms with E-state index >= 15 is 0 Å². The zero-order valence-electron chi connectivity index (χ0n) is 9.90. The molecule has 1 N–H and O–H groups in total. The number of halogens is 4. The number of hydrogen-bond acceptors (Lipinski definition) is 1. The van der Waals surface area contributed by atoms with Gasteiger partial charge in [-0.25, -0.2) is 0 Å². The summed E-state index contributed by atoms with van der Waals surface area (Å²) in [6, 6.07) is 4.92. The summed E-state index contributed by atoms with van der Waals surface area (Å²) in [5.74, 6) is 0. The largest absolute Gasteiger partial charge is 0.416 e. The van der Waals surface area contributed by atoms with E-state index in [-0.39, 0.29) is 10.9 Å². The lowest BCUT2D eigenvalue weighted by Crippen LogP contribution is -2.38. The van der Waals surface area contributed by atoms with Crippen LogP contribution in [0, 0.1) is 0 Å². The molecular formula is C12H15ClF3N. The van der Waals surface area contributed by atoms with Crippen LogP contribution >= 0.6 is 11.6 Å². The van der Waals surface area contributed by atoms with Gasteiger partial charge in [-0.15, -0.1) is 11.6 Å². The van der Waals surface area contributed by atoms with Gasteiger partial charge in [0.2, 0.25) is 0 Å². The quantitative estimate of drug-likeness (QED) is 0.792. The van der Waals surface area contributed by atoms with E-state index in [1.807, 2.05) is 20.8 Å². The van der Waals surface area contributed by atoms with Gasteiger partial charge < -0.3 is 5.32 Å². The van der Waals surface area contributed by atoms with Crippen molar-refractivity contribution in [3.63, 3.8) is 0 Å². The van der Waals surface area contributed by atoms with E-state index in [2.05, 4.69) is 5.32 Å². The Hall–Kier alpha value is -0.900.